The molecule has 0 bridgehead atoms. The van der Waals surface area contributed by atoms with Crippen LogP contribution in [0.1, 0.15) is 52.0 Å². The molecule has 0 saturated carbocycles. The Bertz CT molecular complexity index is 765. The maximum atomic E-state index is 12.4. The van der Waals surface area contributed by atoms with Crippen LogP contribution in [0.2, 0.25) is 0 Å². The summed E-state index contributed by atoms with van der Waals surface area (Å²) in [5.74, 6) is 1.08. The van der Waals surface area contributed by atoms with Crippen LogP contribution < -0.4 is 4.90 Å². The number of likely N-dealkylation sites (tertiary alicyclic amines) is 1. The van der Waals surface area contributed by atoms with Crippen molar-refractivity contribution in [1.82, 2.24) is 4.90 Å². The molecule has 0 aromatic heterocycles. The minimum absolute atomic E-state index is 0.127. The summed E-state index contributed by atoms with van der Waals surface area (Å²) >= 11 is 0. The van der Waals surface area contributed by atoms with Crippen LogP contribution in [-0.4, -0.2) is 56.4 Å². The molecule has 1 aromatic carbocycles. The Balaban J connectivity index is 1.62. The Labute approximate surface area is 186 Å². The van der Waals surface area contributed by atoms with Gasteiger partial charge in [-0.3, -0.25) is 4.79 Å². The predicted molar refractivity (Wildman–Crippen MR) is 122 cm³/mol. The van der Waals surface area contributed by atoms with Crippen LogP contribution in [0.3, 0.4) is 0 Å². The van der Waals surface area contributed by atoms with Crippen molar-refractivity contribution in [3.63, 3.8) is 0 Å². The monoisotopic (exact) mass is 430 g/mol. The third kappa shape index (κ3) is 6.37. The Kier molecular flexibility index (Phi) is 7.50. The van der Waals surface area contributed by atoms with Gasteiger partial charge in [0.05, 0.1) is 7.11 Å². The number of benzene rings is 1. The van der Waals surface area contributed by atoms with Gasteiger partial charge in [-0.15, -0.1) is 0 Å². The molecule has 6 nitrogen and oxygen atoms in total. The molecule has 2 heterocycles. The first-order valence-electron chi connectivity index (χ1n) is 11.5. The molecule has 0 radical (unpaired) electrons. The van der Waals surface area contributed by atoms with Gasteiger partial charge in [0.2, 0.25) is 0 Å². The van der Waals surface area contributed by atoms with Crippen molar-refractivity contribution >= 4 is 17.7 Å². The molecule has 0 spiro atoms. The number of esters is 1. The van der Waals surface area contributed by atoms with Gasteiger partial charge in [-0.25, -0.2) is 4.79 Å². The van der Waals surface area contributed by atoms with E-state index >= 15 is 0 Å². The minimum Gasteiger partial charge on any atom is -0.469 e. The highest BCUT2D eigenvalue weighted by atomic mass is 16.6. The molecule has 172 valence electrons. The fourth-order valence-corrected chi connectivity index (χ4v) is 5.01. The smallest absolute Gasteiger partial charge is 0.410 e. The van der Waals surface area contributed by atoms with Crippen molar-refractivity contribution in [2.75, 3.05) is 38.7 Å². The summed E-state index contributed by atoms with van der Waals surface area (Å²) in [7, 11) is 3.61. The summed E-state index contributed by atoms with van der Waals surface area (Å²) in [4.78, 5) is 28.7. The second-order valence-corrected chi connectivity index (χ2v) is 10.2. The zero-order chi connectivity index (χ0) is 22.6. The highest BCUT2D eigenvalue weighted by Crippen LogP contribution is 2.37. The highest BCUT2D eigenvalue weighted by molar-refractivity contribution is 5.69. The lowest BCUT2D eigenvalue weighted by Crippen LogP contribution is -2.43. The normalized spacial score (nSPS) is 20.7. The molecule has 31 heavy (non-hydrogen) atoms. The number of methoxy groups -OCH3 is 1. The van der Waals surface area contributed by atoms with Gasteiger partial charge in [0.15, 0.2) is 0 Å². The molecule has 2 aliphatic heterocycles. The number of hydrogen-bond donors (Lipinski definition) is 0. The van der Waals surface area contributed by atoms with E-state index in [1.165, 1.54) is 18.4 Å². The van der Waals surface area contributed by atoms with Crippen LogP contribution in [0, 0.1) is 17.8 Å². The predicted octanol–water partition coefficient (Wildman–Crippen LogP) is 4.51. The SMILES string of the molecule is COC(=O)C[C@H](CC1CCN(C(=O)OC(C)(C)C)CC1)[C@H]1Cc2ccccc2N(C)C1. The molecule has 1 fully saturated rings. The molecule has 1 saturated heterocycles. The van der Waals surface area contributed by atoms with Crippen molar-refractivity contribution in [2.24, 2.45) is 17.8 Å². The van der Waals surface area contributed by atoms with E-state index in [2.05, 4.69) is 36.2 Å². The Morgan fingerprint density at radius 1 is 1.16 bits per heavy atom. The second-order valence-electron chi connectivity index (χ2n) is 10.2. The topological polar surface area (TPSA) is 59.1 Å². The average Bonchev–Trinajstić information content (AvgIpc) is 2.72. The molecule has 0 N–H and O–H groups in total. The van der Waals surface area contributed by atoms with E-state index in [1.807, 2.05) is 25.7 Å². The summed E-state index contributed by atoms with van der Waals surface area (Å²) in [5.41, 5.74) is 2.18. The van der Waals surface area contributed by atoms with Crippen molar-refractivity contribution < 1.29 is 19.1 Å². The van der Waals surface area contributed by atoms with Gasteiger partial charge < -0.3 is 19.3 Å². The van der Waals surface area contributed by atoms with E-state index in [0.717, 1.165) is 45.3 Å². The van der Waals surface area contributed by atoms with Crippen LogP contribution in [0.5, 0.6) is 0 Å². The zero-order valence-corrected chi connectivity index (χ0v) is 19.7. The summed E-state index contributed by atoms with van der Waals surface area (Å²) in [6.07, 6.45) is 4.15. The fourth-order valence-electron chi connectivity index (χ4n) is 5.01. The Morgan fingerprint density at radius 2 is 1.84 bits per heavy atom. The molecule has 2 aliphatic rings. The number of amides is 1. The van der Waals surface area contributed by atoms with E-state index in [1.54, 1.807) is 0 Å². The Morgan fingerprint density at radius 3 is 2.48 bits per heavy atom. The van der Waals surface area contributed by atoms with Gasteiger partial charge in [0.1, 0.15) is 5.60 Å². The molecule has 2 atom stereocenters. The van der Waals surface area contributed by atoms with Crippen LogP contribution in [0.15, 0.2) is 24.3 Å². The number of fused-ring (bicyclic) bond motifs is 1. The number of rotatable bonds is 5. The minimum atomic E-state index is -0.469. The average molecular weight is 431 g/mol. The molecule has 0 unspecified atom stereocenters. The van der Waals surface area contributed by atoms with E-state index in [-0.39, 0.29) is 18.0 Å². The molecule has 3 rings (SSSR count). The molecule has 0 aliphatic carbocycles. The largest absolute Gasteiger partial charge is 0.469 e. The summed E-state index contributed by atoms with van der Waals surface area (Å²) in [5, 5.41) is 0. The van der Waals surface area contributed by atoms with E-state index < -0.39 is 5.60 Å². The van der Waals surface area contributed by atoms with Gasteiger partial charge >= 0.3 is 12.1 Å². The number of carbonyl (C=O) groups is 2. The molecule has 1 aromatic rings. The number of piperidine rings is 1. The maximum absolute atomic E-state index is 12.4. The first kappa shape index (κ1) is 23.4. The fraction of sp³-hybridized carbons (Fsp3) is 0.680. The van der Waals surface area contributed by atoms with Crippen molar-refractivity contribution in [3.8, 4) is 0 Å². The van der Waals surface area contributed by atoms with E-state index in [4.69, 9.17) is 9.47 Å². The standard InChI is InChI=1S/C25H38N2O4/c1-25(2,3)31-24(29)27-12-10-18(11-13-27)14-20(16-23(28)30-5)21-15-19-8-6-7-9-22(19)26(4)17-21/h6-9,18,20-21H,10-17H2,1-5H3/t20-,21-/m0/s1. The van der Waals surface area contributed by atoms with Crippen molar-refractivity contribution in [1.29, 1.82) is 0 Å². The molecular weight excluding hydrogens is 392 g/mol. The van der Waals surface area contributed by atoms with Crippen LogP contribution in [0.4, 0.5) is 10.5 Å². The summed E-state index contributed by atoms with van der Waals surface area (Å²) < 4.78 is 10.6. The first-order chi connectivity index (χ1) is 14.7. The van der Waals surface area contributed by atoms with Crippen molar-refractivity contribution in [2.45, 2.75) is 58.5 Å². The molecular formula is C25H38N2O4. The van der Waals surface area contributed by atoms with E-state index in [0.29, 0.717) is 18.3 Å². The van der Waals surface area contributed by atoms with Crippen LogP contribution in [-0.2, 0) is 20.7 Å². The lowest BCUT2D eigenvalue weighted by molar-refractivity contribution is -0.142. The van der Waals surface area contributed by atoms with Gasteiger partial charge in [-0.05, 0) is 75.8 Å². The number of para-hydroxylation sites is 1. The lowest BCUT2D eigenvalue weighted by atomic mass is 9.75. The molecule has 1 amide bonds. The number of ether oxygens (including phenoxy) is 2. The number of hydrogen-bond acceptors (Lipinski definition) is 5. The lowest BCUT2D eigenvalue weighted by Gasteiger charge is -2.40. The summed E-state index contributed by atoms with van der Waals surface area (Å²) in [6.45, 7) is 8.09. The highest BCUT2D eigenvalue weighted by Gasteiger charge is 2.34. The first-order valence-corrected chi connectivity index (χ1v) is 11.5. The van der Waals surface area contributed by atoms with Gasteiger partial charge in [-0.1, -0.05) is 18.2 Å². The maximum Gasteiger partial charge on any atom is 0.410 e. The van der Waals surface area contributed by atoms with Crippen LogP contribution >= 0.6 is 0 Å². The quantitative estimate of drug-likeness (QED) is 0.643. The Hall–Kier alpha value is -2.24. The third-order valence-electron chi connectivity index (χ3n) is 6.62. The van der Waals surface area contributed by atoms with E-state index in [9.17, 15) is 9.59 Å². The summed E-state index contributed by atoms with van der Waals surface area (Å²) in [6, 6.07) is 8.55. The van der Waals surface area contributed by atoms with Crippen molar-refractivity contribution in [3.05, 3.63) is 29.8 Å². The number of nitrogens with zero attached hydrogens (tertiary/aromatic N) is 2. The second kappa shape index (κ2) is 9.92. The number of anilines is 1. The van der Waals surface area contributed by atoms with Gasteiger partial charge in [0, 0.05) is 38.8 Å². The van der Waals surface area contributed by atoms with Crippen LogP contribution in [0.25, 0.3) is 0 Å². The third-order valence-corrected chi connectivity index (χ3v) is 6.62. The van der Waals surface area contributed by atoms with Gasteiger partial charge in [0.25, 0.3) is 0 Å². The number of carbonyl (C=O) groups excluding carboxylic acids is 2. The zero-order valence-electron chi connectivity index (χ0n) is 19.7. The van der Waals surface area contributed by atoms with Gasteiger partial charge in [-0.2, -0.15) is 0 Å². The molecule has 6 heteroatoms.